The van der Waals surface area contributed by atoms with Gasteiger partial charge in [-0.15, -0.1) is 0 Å². The number of carbonyl (C=O) groups is 1. The average Bonchev–Trinajstić information content (AvgIpc) is 3.44. The second kappa shape index (κ2) is 14.4. The fourth-order valence-electron chi connectivity index (χ4n) is 9.64. The number of epoxide rings is 1. The largest absolute Gasteiger partial charge is 0.507 e. The summed E-state index contributed by atoms with van der Waals surface area (Å²) in [5, 5.41) is 23.3. The normalized spacial score (nSPS) is 29.9. The number of quaternary nitrogens is 1. The van der Waals surface area contributed by atoms with Gasteiger partial charge in [-0.05, 0) is 69.4 Å². The first-order valence-corrected chi connectivity index (χ1v) is 22.5. The molecule has 7 N–H and O–H groups in total. The zero-order chi connectivity index (χ0) is 40.8. The van der Waals surface area contributed by atoms with Gasteiger partial charge < -0.3 is 40.3 Å². The molecule has 0 aliphatic carbocycles. The lowest BCUT2D eigenvalue weighted by Gasteiger charge is -2.46. The molecule has 4 aromatic rings. The number of nitrogens with one attached hydrogen (secondary N) is 1. The summed E-state index contributed by atoms with van der Waals surface area (Å²) in [6.45, 7) is 5.03. The zero-order valence-corrected chi connectivity index (χ0v) is 34.3. The minimum atomic E-state index is -1.36. The van der Waals surface area contributed by atoms with Crippen LogP contribution in [0.25, 0.3) is 22.2 Å². The number of pyridine rings is 2. The van der Waals surface area contributed by atoms with E-state index in [2.05, 4.69) is 17.3 Å². The molecule has 2 fully saturated rings. The number of nitrogens with zero attached hydrogens (tertiary/aromatic N) is 3. The van der Waals surface area contributed by atoms with E-state index in [-0.39, 0.29) is 28.6 Å². The topological polar surface area (TPSA) is 213 Å². The number of phenols is 1. The van der Waals surface area contributed by atoms with Gasteiger partial charge in [-0.1, -0.05) is 21.6 Å². The van der Waals surface area contributed by atoms with Crippen molar-refractivity contribution in [3.8, 4) is 22.8 Å². The average molecular weight is 838 g/mol. The molecule has 1 spiro atoms. The summed E-state index contributed by atoms with van der Waals surface area (Å²) in [5.41, 5.74) is 17.4. The van der Waals surface area contributed by atoms with E-state index in [0.717, 1.165) is 34.6 Å². The molecule has 59 heavy (non-hydrogen) atoms. The predicted octanol–water partition coefficient (Wildman–Crippen LogP) is 4.43. The van der Waals surface area contributed by atoms with Crippen molar-refractivity contribution in [2.24, 2.45) is 4.99 Å². The highest BCUT2D eigenvalue weighted by atomic mass is 33.1. The van der Waals surface area contributed by atoms with Gasteiger partial charge in [0.1, 0.15) is 76.6 Å². The number of phenolic OH excluding ortho intramolecular Hbond substituents is 1. The highest BCUT2D eigenvalue weighted by Gasteiger charge is 2.66. The lowest BCUT2D eigenvalue weighted by molar-refractivity contribution is -0.852. The second-order valence-electron chi connectivity index (χ2n) is 16.7. The Bertz CT molecular complexity index is 2600. The molecule has 0 amide bonds. The van der Waals surface area contributed by atoms with Crippen molar-refractivity contribution < 1.29 is 38.5 Å². The Balaban J connectivity index is 1.02. The molecular weight excluding hydrogens is 793 g/mol. The number of nitrogens with two attached hydrogens (primary N) is 2. The van der Waals surface area contributed by atoms with Crippen LogP contribution in [0.2, 0.25) is 0 Å². The van der Waals surface area contributed by atoms with Gasteiger partial charge in [-0.25, -0.2) is 14.8 Å². The third-order valence-corrected chi connectivity index (χ3v) is 14.9. The predicted molar refractivity (Wildman–Crippen MR) is 225 cm³/mol. The van der Waals surface area contributed by atoms with E-state index < -0.39 is 41.4 Å². The van der Waals surface area contributed by atoms with Gasteiger partial charge in [0.05, 0.1) is 23.6 Å². The summed E-state index contributed by atoms with van der Waals surface area (Å²) >= 11 is 0. The molecule has 1 unspecified atom stereocenters. The minimum absolute atomic E-state index is 0.0351. The van der Waals surface area contributed by atoms with Gasteiger partial charge in [0.2, 0.25) is 0 Å². The number of carbonyl (C=O) groups excluding carboxylic acids is 1. The SMILES string of the molecule is Cc1cc(=O)c2c(O)c3c(cc2o1)O[C@@]1(C)CCSSCc2c(cc(C[NH+]4C=C5N=CC=C5C4)nc2N)-c2cc(cc(N)n2)CC[C@H]2O[C@@]24C[C@@H](O)CC[C@H]3[C@H]1OC4=O. The number of hydrogen-bond donors (Lipinski definition) is 5. The van der Waals surface area contributed by atoms with Crippen LogP contribution < -0.4 is 26.5 Å². The van der Waals surface area contributed by atoms with E-state index in [4.69, 9.17) is 40.1 Å². The molecular formula is C43H45N6O8S2+. The first-order valence-electron chi connectivity index (χ1n) is 20.0. The highest BCUT2D eigenvalue weighted by molar-refractivity contribution is 8.76. The molecule has 4 bridgehead atoms. The van der Waals surface area contributed by atoms with E-state index >= 15 is 0 Å². The lowest BCUT2D eigenvalue weighted by Crippen LogP contribution is -3.04. The van der Waals surface area contributed by atoms with Crippen molar-refractivity contribution >= 4 is 56.4 Å². The maximum absolute atomic E-state index is 14.5. The molecule has 16 heteroatoms. The fraction of sp³-hybridized carbons (Fsp3) is 0.419. The van der Waals surface area contributed by atoms with E-state index in [0.29, 0.717) is 84.6 Å². The Morgan fingerprint density at radius 1 is 1.07 bits per heavy atom. The summed E-state index contributed by atoms with van der Waals surface area (Å²) < 4.78 is 25.5. The van der Waals surface area contributed by atoms with Gasteiger partial charge in [-0.3, -0.25) is 14.7 Å². The Morgan fingerprint density at radius 3 is 2.78 bits per heavy atom. The number of aliphatic hydroxyl groups is 1. The number of esters is 1. The van der Waals surface area contributed by atoms with E-state index in [1.165, 1.54) is 16.5 Å². The van der Waals surface area contributed by atoms with Crippen LogP contribution in [0, 0.1) is 6.92 Å². The van der Waals surface area contributed by atoms with Crippen molar-refractivity contribution in [3.63, 3.8) is 0 Å². The summed E-state index contributed by atoms with van der Waals surface area (Å²) in [7, 11) is 3.26. The number of aromatic hydroxyl groups is 1. The number of aryl methyl sites for hydroxylation is 2. The molecule has 6 aliphatic rings. The number of benzene rings is 1. The first kappa shape index (κ1) is 38.3. The van der Waals surface area contributed by atoms with Gasteiger partial charge >= 0.3 is 5.97 Å². The van der Waals surface area contributed by atoms with Crippen molar-refractivity contribution in [1.29, 1.82) is 0 Å². The third kappa shape index (κ3) is 6.78. The number of ether oxygens (including phenoxy) is 3. The Labute approximate surface area is 347 Å². The van der Waals surface area contributed by atoms with Crippen molar-refractivity contribution in [2.75, 3.05) is 23.8 Å². The quantitative estimate of drug-likeness (QED) is 0.107. The molecule has 0 saturated carbocycles. The summed E-state index contributed by atoms with van der Waals surface area (Å²) in [6, 6.07) is 8.91. The fourth-order valence-corrected chi connectivity index (χ4v) is 12.0. The van der Waals surface area contributed by atoms with Crippen LogP contribution in [0.1, 0.15) is 73.1 Å². The van der Waals surface area contributed by atoms with Crippen LogP contribution in [-0.4, -0.2) is 74.2 Å². The Morgan fingerprint density at radius 2 is 1.93 bits per heavy atom. The summed E-state index contributed by atoms with van der Waals surface area (Å²) in [4.78, 5) is 43.0. The van der Waals surface area contributed by atoms with Crippen LogP contribution in [0.3, 0.4) is 0 Å². The van der Waals surface area contributed by atoms with Crippen LogP contribution >= 0.6 is 21.6 Å². The number of hydrogen-bond acceptors (Lipinski definition) is 15. The maximum atomic E-state index is 14.5. The molecule has 14 nitrogen and oxygen atoms in total. The molecule has 10 rings (SSSR count). The van der Waals surface area contributed by atoms with Crippen LogP contribution in [0.4, 0.5) is 11.6 Å². The molecule has 1 aromatic carbocycles. The minimum Gasteiger partial charge on any atom is -0.507 e. The number of aromatic nitrogens is 2. The maximum Gasteiger partial charge on any atom is 0.341 e. The number of aliphatic imine (C=N–C) groups is 1. The van der Waals surface area contributed by atoms with Crippen molar-refractivity contribution in [1.82, 2.24) is 9.97 Å². The molecule has 2 saturated heterocycles. The van der Waals surface area contributed by atoms with E-state index in [9.17, 15) is 19.8 Å². The summed E-state index contributed by atoms with van der Waals surface area (Å²) in [5.74, 6) is 1.23. The Kier molecular flexibility index (Phi) is 9.36. The number of fused-ring (bicyclic) bond motifs is 9. The highest BCUT2D eigenvalue weighted by Crippen LogP contribution is 2.55. The monoisotopic (exact) mass is 837 g/mol. The number of aliphatic hydroxyl groups excluding tert-OH is 1. The smallest absolute Gasteiger partial charge is 0.341 e. The number of nitrogen functional groups attached to an aromatic ring is 2. The van der Waals surface area contributed by atoms with Crippen molar-refractivity contribution in [3.05, 3.63) is 92.2 Å². The van der Waals surface area contributed by atoms with Gasteiger partial charge in [-0.2, -0.15) is 0 Å². The second-order valence-corrected chi connectivity index (χ2v) is 19.3. The third-order valence-electron chi connectivity index (χ3n) is 12.6. The number of anilines is 2. The van der Waals surface area contributed by atoms with E-state index in [1.807, 2.05) is 31.3 Å². The van der Waals surface area contributed by atoms with E-state index in [1.54, 1.807) is 34.6 Å². The van der Waals surface area contributed by atoms with Crippen molar-refractivity contribution in [2.45, 2.75) is 100 Å². The molecule has 6 aliphatic heterocycles. The molecule has 3 aromatic heterocycles. The number of allylic oxidation sites excluding steroid dienone is 1. The van der Waals surface area contributed by atoms with Crippen LogP contribution in [0.15, 0.2) is 68.1 Å². The van der Waals surface area contributed by atoms with Crippen LogP contribution in [-0.2, 0) is 33.0 Å². The van der Waals surface area contributed by atoms with Gasteiger partial charge in [0.25, 0.3) is 0 Å². The standard InChI is InChI=1S/C43H44N6O8S2/c1-21-11-31(51)37-32(54-21)15-33-36(38(37)52)26-5-4-25(50)16-43-34(57-43)6-3-22-12-29(48-35(44)13-22)27-14-24(18-49-17-23-7-9-46-30(23)19-49)47-40(45)28(27)20-59-58-10-8-42(2,56-33)39(26)55-41(43)53/h7,9,11-15,19,25-26,34,39,50,52H,3-6,8,10,16-18,20H2,1-2H3,(H2,44,48)(H2,45,47)/p+1/t25-,26+,34+,39+,42-,43-/m0/s1. The van der Waals surface area contributed by atoms with Gasteiger partial charge in [0.15, 0.2) is 11.0 Å². The lowest BCUT2D eigenvalue weighted by atomic mass is 9.76. The van der Waals surface area contributed by atoms with Crippen LogP contribution in [0.5, 0.6) is 11.5 Å². The molecule has 306 valence electrons. The molecule has 9 heterocycles. The first-order chi connectivity index (χ1) is 28.4. The molecule has 7 atom stereocenters. The zero-order valence-electron chi connectivity index (χ0n) is 32.7. The Hall–Kier alpha value is -4.87. The number of rotatable bonds is 2. The molecule has 0 radical (unpaired) electrons. The van der Waals surface area contributed by atoms with Gasteiger partial charge in [0, 0.05) is 70.9 Å². The summed E-state index contributed by atoms with van der Waals surface area (Å²) in [6.07, 6.45) is 5.87.